The molecule has 0 aliphatic rings. The fourth-order valence-electron chi connectivity index (χ4n) is 2.23. The van der Waals surface area contributed by atoms with Crippen LogP contribution in [0.2, 0.25) is 0 Å². The SMILES string of the molecule is COc1ccc(Cc2nnc(-c3ccccc3F)o2)cc1OC. The molecule has 0 aliphatic heterocycles. The Labute approximate surface area is 132 Å². The minimum Gasteiger partial charge on any atom is -0.493 e. The molecule has 0 aliphatic carbocycles. The van der Waals surface area contributed by atoms with Crippen LogP contribution >= 0.6 is 0 Å². The van der Waals surface area contributed by atoms with Crippen LogP contribution in [-0.4, -0.2) is 24.4 Å². The quantitative estimate of drug-likeness (QED) is 0.721. The highest BCUT2D eigenvalue weighted by Gasteiger charge is 2.13. The van der Waals surface area contributed by atoms with Gasteiger partial charge in [0.05, 0.1) is 26.2 Å². The van der Waals surface area contributed by atoms with Gasteiger partial charge in [0, 0.05) is 0 Å². The number of aromatic nitrogens is 2. The summed E-state index contributed by atoms with van der Waals surface area (Å²) >= 11 is 0. The summed E-state index contributed by atoms with van der Waals surface area (Å²) in [7, 11) is 3.15. The van der Waals surface area contributed by atoms with Crippen LogP contribution < -0.4 is 9.47 Å². The minimum atomic E-state index is -0.395. The van der Waals surface area contributed by atoms with E-state index in [9.17, 15) is 4.39 Å². The van der Waals surface area contributed by atoms with E-state index in [-0.39, 0.29) is 5.89 Å². The normalized spacial score (nSPS) is 10.6. The molecule has 3 aromatic rings. The summed E-state index contributed by atoms with van der Waals surface area (Å²) in [6.07, 6.45) is 0.418. The van der Waals surface area contributed by atoms with E-state index in [2.05, 4.69) is 10.2 Å². The molecule has 2 aromatic carbocycles. The average Bonchev–Trinajstić information content (AvgIpc) is 3.03. The Bertz CT molecular complexity index is 817. The molecule has 23 heavy (non-hydrogen) atoms. The van der Waals surface area contributed by atoms with Crippen LogP contribution in [0.15, 0.2) is 46.9 Å². The summed E-state index contributed by atoms with van der Waals surface area (Å²) < 4.78 is 29.7. The fourth-order valence-corrected chi connectivity index (χ4v) is 2.23. The molecule has 0 atom stereocenters. The number of halogens is 1. The number of hydrogen-bond donors (Lipinski definition) is 0. The van der Waals surface area contributed by atoms with Gasteiger partial charge in [-0.1, -0.05) is 18.2 Å². The van der Waals surface area contributed by atoms with Crippen molar-refractivity contribution in [1.82, 2.24) is 10.2 Å². The van der Waals surface area contributed by atoms with Crippen molar-refractivity contribution in [3.8, 4) is 23.0 Å². The van der Waals surface area contributed by atoms with Crippen LogP contribution in [0.1, 0.15) is 11.5 Å². The molecule has 0 fully saturated rings. The molecule has 0 amide bonds. The molecule has 0 N–H and O–H groups in total. The number of rotatable bonds is 5. The monoisotopic (exact) mass is 314 g/mol. The van der Waals surface area contributed by atoms with Crippen molar-refractivity contribution >= 4 is 0 Å². The van der Waals surface area contributed by atoms with Crippen LogP contribution in [0.3, 0.4) is 0 Å². The van der Waals surface area contributed by atoms with E-state index in [4.69, 9.17) is 13.9 Å². The highest BCUT2D eigenvalue weighted by Crippen LogP contribution is 2.29. The van der Waals surface area contributed by atoms with Crippen molar-refractivity contribution in [2.24, 2.45) is 0 Å². The zero-order valence-corrected chi connectivity index (χ0v) is 12.7. The smallest absolute Gasteiger partial charge is 0.250 e. The molecule has 5 nitrogen and oxygen atoms in total. The number of methoxy groups -OCH3 is 2. The van der Waals surface area contributed by atoms with Gasteiger partial charge in [0.15, 0.2) is 11.5 Å². The molecule has 6 heteroatoms. The summed E-state index contributed by atoms with van der Waals surface area (Å²) in [6, 6.07) is 11.8. The lowest BCUT2D eigenvalue weighted by Gasteiger charge is -2.08. The van der Waals surface area contributed by atoms with Gasteiger partial charge in [-0.3, -0.25) is 0 Å². The summed E-state index contributed by atoms with van der Waals surface area (Å²) in [4.78, 5) is 0. The van der Waals surface area contributed by atoms with Gasteiger partial charge in [-0.15, -0.1) is 10.2 Å². The van der Waals surface area contributed by atoms with Gasteiger partial charge in [-0.2, -0.15) is 0 Å². The third kappa shape index (κ3) is 3.15. The maximum Gasteiger partial charge on any atom is 0.250 e. The van der Waals surface area contributed by atoms with Crippen LogP contribution in [0.5, 0.6) is 11.5 Å². The maximum atomic E-state index is 13.7. The number of ether oxygens (including phenoxy) is 2. The van der Waals surface area contributed by atoms with E-state index in [0.717, 1.165) is 5.56 Å². The van der Waals surface area contributed by atoms with Gasteiger partial charge in [0.1, 0.15) is 5.82 Å². The second-order valence-corrected chi connectivity index (χ2v) is 4.85. The van der Waals surface area contributed by atoms with Gasteiger partial charge >= 0.3 is 0 Å². The van der Waals surface area contributed by atoms with E-state index < -0.39 is 5.82 Å². The highest BCUT2D eigenvalue weighted by atomic mass is 19.1. The first-order valence-corrected chi connectivity index (χ1v) is 6.99. The van der Waals surface area contributed by atoms with Crippen molar-refractivity contribution in [2.75, 3.05) is 14.2 Å². The summed E-state index contributed by atoms with van der Waals surface area (Å²) in [5.74, 6) is 1.44. The van der Waals surface area contributed by atoms with Gasteiger partial charge in [-0.05, 0) is 29.8 Å². The predicted octanol–water partition coefficient (Wildman–Crippen LogP) is 3.48. The third-order valence-electron chi connectivity index (χ3n) is 3.37. The molecule has 0 bridgehead atoms. The van der Waals surface area contributed by atoms with E-state index in [1.54, 1.807) is 32.4 Å². The van der Waals surface area contributed by atoms with Crippen LogP contribution in [0.4, 0.5) is 4.39 Å². The Hall–Kier alpha value is -2.89. The van der Waals surface area contributed by atoms with Crippen molar-refractivity contribution in [3.05, 3.63) is 59.7 Å². The number of nitrogens with zero attached hydrogens (tertiary/aromatic N) is 2. The molecule has 0 saturated heterocycles. The van der Waals surface area contributed by atoms with Crippen LogP contribution in [0.25, 0.3) is 11.5 Å². The van der Waals surface area contributed by atoms with E-state index >= 15 is 0 Å². The molecule has 0 unspecified atom stereocenters. The molecule has 3 rings (SSSR count). The second kappa shape index (κ2) is 6.48. The first kappa shape index (κ1) is 15.0. The van der Waals surface area contributed by atoms with Gasteiger partial charge < -0.3 is 13.9 Å². The predicted molar refractivity (Wildman–Crippen MR) is 82.0 cm³/mol. The van der Waals surface area contributed by atoms with E-state index in [0.29, 0.717) is 29.4 Å². The first-order chi connectivity index (χ1) is 11.2. The molecule has 0 radical (unpaired) electrons. The standard InChI is InChI=1S/C17H15FN2O3/c1-21-14-8-7-11(9-15(14)22-2)10-16-19-20-17(23-16)12-5-3-4-6-13(12)18/h3-9H,10H2,1-2H3. The van der Waals surface area contributed by atoms with Gasteiger partial charge in [0.2, 0.25) is 5.89 Å². The van der Waals surface area contributed by atoms with E-state index in [1.165, 1.54) is 6.07 Å². The lowest BCUT2D eigenvalue weighted by atomic mass is 10.1. The Morgan fingerprint density at radius 1 is 1.00 bits per heavy atom. The summed E-state index contributed by atoms with van der Waals surface area (Å²) in [5, 5.41) is 7.88. The Morgan fingerprint density at radius 3 is 2.52 bits per heavy atom. The van der Waals surface area contributed by atoms with Crippen LogP contribution in [-0.2, 0) is 6.42 Å². The minimum absolute atomic E-state index is 0.165. The zero-order valence-electron chi connectivity index (χ0n) is 12.7. The molecule has 118 valence electrons. The highest BCUT2D eigenvalue weighted by molar-refractivity contribution is 5.53. The largest absolute Gasteiger partial charge is 0.493 e. The summed E-state index contributed by atoms with van der Waals surface area (Å²) in [5.41, 5.74) is 1.21. The average molecular weight is 314 g/mol. The van der Waals surface area contributed by atoms with Crippen molar-refractivity contribution in [3.63, 3.8) is 0 Å². The zero-order chi connectivity index (χ0) is 16.2. The van der Waals surface area contributed by atoms with Crippen molar-refractivity contribution in [1.29, 1.82) is 0 Å². The Kier molecular flexibility index (Phi) is 4.23. The molecule has 1 aromatic heterocycles. The number of hydrogen-bond acceptors (Lipinski definition) is 5. The second-order valence-electron chi connectivity index (χ2n) is 4.85. The topological polar surface area (TPSA) is 57.4 Å². The van der Waals surface area contributed by atoms with E-state index in [1.807, 2.05) is 18.2 Å². The van der Waals surface area contributed by atoms with Crippen LogP contribution in [0, 0.1) is 5.82 Å². The maximum absolute atomic E-state index is 13.7. The van der Waals surface area contributed by atoms with Crippen molar-refractivity contribution < 1.29 is 18.3 Å². The molecule has 0 saturated carbocycles. The van der Waals surface area contributed by atoms with Crippen molar-refractivity contribution in [2.45, 2.75) is 6.42 Å². The fraction of sp³-hybridized carbons (Fsp3) is 0.176. The molecule has 0 spiro atoms. The third-order valence-corrected chi connectivity index (χ3v) is 3.37. The Balaban J connectivity index is 1.83. The lowest BCUT2D eigenvalue weighted by Crippen LogP contribution is -1.94. The van der Waals surface area contributed by atoms with Gasteiger partial charge in [-0.25, -0.2) is 4.39 Å². The van der Waals surface area contributed by atoms with Gasteiger partial charge in [0.25, 0.3) is 5.89 Å². The molecule has 1 heterocycles. The lowest BCUT2D eigenvalue weighted by molar-refractivity contribution is 0.354. The molecular weight excluding hydrogens is 299 g/mol. The summed E-state index contributed by atoms with van der Waals surface area (Å²) in [6.45, 7) is 0. The first-order valence-electron chi connectivity index (χ1n) is 6.99. The molecular formula is C17H15FN2O3. The number of benzene rings is 2. The Morgan fingerprint density at radius 2 is 1.78 bits per heavy atom.